The van der Waals surface area contributed by atoms with Crippen molar-refractivity contribution < 1.29 is 9.32 Å². The summed E-state index contributed by atoms with van der Waals surface area (Å²) in [5.74, 6) is 1.07. The molecular formula is C9H14N2O2. The maximum Gasteiger partial charge on any atom is 0.234 e. The summed E-state index contributed by atoms with van der Waals surface area (Å²) in [5.41, 5.74) is -0.126. The first-order valence-electron chi connectivity index (χ1n) is 4.22. The summed E-state index contributed by atoms with van der Waals surface area (Å²) >= 11 is 0. The summed E-state index contributed by atoms with van der Waals surface area (Å²) in [6.45, 7) is 7.49. The number of rotatable bonds is 2. The van der Waals surface area contributed by atoms with E-state index in [0.717, 1.165) is 0 Å². The molecule has 0 radical (unpaired) electrons. The number of carbonyl (C=O) groups is 1. The Hall–Kier alpha value is -1.19. The van der Waals surface area contributed by atoms with Crippen LogP contribution in [0, 0.1) is 0 Å². The first-order chi connectivity index (χ1) is 5.89. The molecule has 0 N–H and O–H groups in total. The van der Waals surface area contributed by atoms with E-state index in [0.29, 0.717) is 11.7 Å². The number of carbonyl (C=O) groups excluding carboxylic acids is 1. The molecule has 0 aromatic carbocycles. The van der Waals surface area contributed by atoms with Gasteiger partial charge in [0.25, 0.3) is 0 Å². The van der Waals surface area contributed by atoms with Gasteiger partial charge in [-0.05, 0) is 6.92 Å². The van der Waals surface area contributed by atoms with Gasteiger partial charge in [0.2, 0.25) is 5.89 Å². The number of hydrogen-bond acceptors (Lipinski definition) is 4. The molecule has 4 nitrogen and oxygen atoms in total. The minimum Gasteiger partial charge on any atom is -0.339 e. The number of nitrogens with zero attached hydrogens (tertiary/aromatic N) is 2. The van der Waals surface area contributed by atoms with Crippen molar-refractivity contribution >= 4 is 5.78 Å². The Morgan fingerprint density at radius 1 is 1.46 bits per heavy atom. The van der Waals surface area contributed by atoms with Crippen LogP contribution in [0.2, 0.25) is 0 Å². The van der Waals surface area contributed by atoms with Crippen LogP contribution in [-0.4, -0.2) is 15.9 Å². The number of aromatic nitrogens is 2. The van der Waals surface area contributed by atoms with Crippen LogP contribution in [0.15, 0.2) is 4.52 Å². The Morgan fingerprint density at radius 3 is 2.46 bits per heavy atom. The van der Waals surface area contributed by atoms with Crippen molar-refractivity contribution in [2.24, 2.45) is 0 Å². The van der Waals surface area contributed by atoms with Gasteiger partial charge in [-0.3, -0.25) is 4.79 Å². The molecular weight excluding hydrogens is 168 g/mol. The van der Waals surface area contributed by atoms with E-state index < -0.39 is 0 Å². The van der Waals surface area contributed by atoms with Gasteiger partial charge in [0.15, 0.2) is 5.82 Å². The quantitative estimate of drug-likeness (QED) is 0.695. The minimum absolute atomic E-state index is 0.0316. The third kappa shape index (κ3) is 2.65. The highest BCUT2D eigenvalue weighted by atomic mass is 16.5. The van der Waals surface area contributed by atoms with Crippen LogP contribution in [0.5, 0.6) is 0 Å². The second kappa shape index (κ2) is 3.28. The van der Waals surface area contributed by atoms with Crippen molar-refractivity contribution in [1.82, 2.24) is 10.1 Å². The third-order valence-corrected chi connectivity index (χ3v) is 1.54. The Kier molecular flexibility index (Phi) is 2.50. The van der Waals surface area contributed by atoms with Crippen molar-refractivity contribution in [3.05, 3.63) is 11.7 Å². The van der Waals surface area contributed by atoms with Gasteiger partial charge in [0, 0.05) is 5.41 Å². The Bertz CT molecular complexity index is 310. The maximum absolute atomic E-state index is 10.7. The van der Waals surface area contributed by atoms with Crippen LogP contribution in [0.1, 0.15) is 39.4 Å². The van der Waals surface area contributed by atoms with Gasteiger partial charge in [0.1, 0.15) is 5.78 Å². The van der Waals surface area contributed by atoms with Gasteiger partial charge in [-0.1, -0.05) is 25.9 Å². The van der Waals surface area contributed by atoms with Gasteiger partial charge in [-0.15, -0.1) is 0 Å². The summed E-state index contributed by atoms with van der Waals surface area (Å²) in [5, 5.41) is 3.80. The van der Waals surface area contributed by atoms with Gasteiger partial charge in [-0.2, -0.15) is 4.98 Å². The molecule has 0 aliphatic rings. The molecule has 0 aliphatic carbocycles. The fourth-order valence-corrected chi connectivity index (χ4v) is 0.844. The van der Waals surface area contributed by atoms with E-state index in [1.165, 1.54) is 6.92 Å². The zero-order valence-corrected chi connectivity index (χ0v) is 8.42. The monoisotopic (exact) mass is 182 g/mol. The van der Waals surface area contributed by atoms with Gasteiger partial charge >= 0.3 is 0 Å². The maximum atomic E-state index is 10.7. The molecule has 0 atom stereocenters. The minimum atomic E-state index is -0.126. The van der Waals surface area contributed by atoms with E-state index in [-0.39, 0.29) is 17.6 Å². The summed E-state index contributed by atoms with van der Waals surface area (Å²) in [4.78, 5) is 14.9. The molecule has 1 rings (SSSR count). The lowest BCUT2D eigenvalue weighted by Crippen LogP contribution is -2.13. The zero-order valence-electron chi connectivity index (χ0n) is 8.42. The second-order valence-corrected chi connectivity index (χ2v) is 4.14. The summed E-state index contributed by atoms with van der Waals surface area (Å²) < 4.78 is 4.92. The SMILES string of the molecule is CC(=O)Cc1nc(C(C)(C)C)no1. The average Bonchev–Trinajstić information content (AvgIpc) is 2.32. The predicted molar refractivity (Wildman–Crippen MR) is 47.4 cm³/mol. The van der Waals surface area contributed by atoms with Crippen LogP contribution in [0.25, 0.3) is 0 Å². The molecule has 0 amide bonds. The fourth-order valence-electron chi connectivity index (χ4n) is 0.844. The van der Waals surface area contributed by atoms with E-state index in [4.69, 9.17) is 4.52 Å². The zero-order chi connectivity index (χ0) is 10.1. The Balaban J connectivity index is 2.81. The predicted octanol–water partition coefficient (Wildman–Crippen LogP) is 1.50. The molecule has 13 heavy (non-hydrogen) atoms. The highest BCUT2D eigenvalue weighted by molar-refractivity contribution is 5.77. The van der Waals surface area contributed by atoms with Crippen molar-refractivity contribution in [1.29, 1.82) is 0 Å². The summed E-state index contributed by atoms with van der Waals surface area (Å²) in [6.07, 6.45) is 0.225. The number of hydrogen-bond donors (Lipinski definition) is 0. The Morgan fingerprint density at radius 2 is 2.08 bits per heavy atom. The average molecular weight is 182 g/mol. The fraction of sp³-hybridized carbons (Fsp3) is 0.667. The number of Topliss-reactive ketones (excluding diaryl/α,β-unsaturated/α-hetero) is 1. The van der Waals surface area contributed by atoms with Crippen LogP contribution in [0.4, 0.5) is 0 Å². The van der Waals surface area contributed by atoms with E-state index >= 15 is 0 Å². The van der Waals surface area contributed by atoms with Gasteiger partial charge in [0.05, 0.1) is 6.42 Å². The molecule has 1 aromatic heterocycles. The molecule has 0 spiro atoms. The largest absolute Gasteiger partial charge is 0.339 e. The molecule has 0 bridgehead atoms. The first-order valence-corrected chi connectivity index (χ1v) is 4.22. The standard InChI is InChI=1S/C9H14N2O2/c1-6(12)5-7-10-8(11-13-7)9(2,3)4/h5H2,1-4H3. The Labute approximate surface area is 77.3 Å². The smallest absolute Gasteiger partial charge is 0.234 e. The molecule has 1 heterocycles. The van der Waals surface area contributed by atoms with Crippen molar-refractivity contribution in [2.45, 2.75) is 39.5 Å². The van der Waals surface area contributed by atoms with Crippen molar-refractivity contribution in [2.75, 3.05) is 0 Å². The van der Waals surface area contributed by atoms with Crippen molar-refractivity contribution in [3.8, 4) is 0 Å². The second-order valence-electron chi connectivity index (χ2n) is 4.14. The van der Waals surface area contributed by atoms with E-state index in [1.54, 1.807) is 0 Å². The molecule has 1 aromatic rings. The summed E-state index contributed by atoms with van der Waals surface area (Å²) in [7, 11) is 0. The highest BCUT2D eigenvalue weighted by Gasteiger charge is 2.21. The van der Waals surface area contributed by atoms with E-state index in [2.05, 4.69) is 10.1 Å². The first kappa shape index (κ1) is 9.89. The van der Waals surface area contributed by atoms with Crippen molar-refractivity contribution in [3.63, 3.8) is 0 Å². The molecule has 0 saturated carbocycles. The topological polar surface area (TPSA) is 56.0 Å². The van der Waals surface area contributed by atoms with Gasteiger partial charge in [-0.25, -0.2) is 0 Å². The van der Waals surface area contributed by atoms with E-state index in [9.17, 15) is 4.79 Å². The molecule has 0 fully saturated rings. The lowest BCUT2D eigenvalue weighted by Gasteiger charge is -2.10. The van der Waals surface area contributed by atoms with Crippen LogP contribution in [-0.2, 0) is 16.6 Å². The summed E-state index contributed by atoms with van der Waals surface area (Å²) in [6, 6.07) is 0. The van der Waals surface area contributed by atoms with Crippen LogP contribution >= 0.6 is 0 Å². The van der Waals surface area contributed by atoms with Crippen LogP contribution < -0.4 is 0 Å². The lowest BCUT2D eigenvalue weighted by molar-refractivity contribution is -0.116. The highest BCUT2D eigenvalue weighted by Crippen LogP contribution is 2.18. The normalized spacial score (nSPS) is 11.7. The third-order valence-electron chi connectivity index (χ3n) is 1.54. The molecule has 0 saturated heterocycles. The molecule has 4 heteroatoms. The molecule has 72 valence electrons. The number of ketones is 1. The van der Waals surface area contributed by atoms with Gasteiger partial charge < -0.3 is 4.52 Å². The molecule has 0 aliphatic heterocycles. The molecule has 0 unspecified atom stereocenters. The van der Waals surface area contributed by atoms with E-state index in [1.807, 2.05) is 20.8 Å². The lowest BCUT2D eigenvalue weighted by atomic mass is 9.96. The van der Waals surface area contributed by atoms with Crippen LogP contribution in [0.3, 0.4) is 0 Å².